The molecule has 4 fully saturated rings. The number of likely N-dealkylation sites (tertiary alicyclic amines) is 1. The van der Waals surface area contributed by atoms with Crippen LogP contribution in [0.1, 0.15) is 62.8 Å². The number of hydrogen-bond acceptors (Lipinski definition) is 8. The number of rotatable bonds is 3. The molecule has 0 radical (unpaired) electrons. The van der Waals surface area contributed by atoms with Crippen LogP contribution in [0.5, 0.6) is 0 Å². The summed E-state index contributed by atoms with van der Waals surface area (Å²) in [4.78, 5) is 27.0. The quantitative estimate of drug-likeness (QED) is 0.575. The van der Waals surface area contributed by atoms with Crippen LogP contribution in [0.4, 0.5) is 15.6 Å². The standard InChI is InChI=1S/C29H40N6O2S/c1-20-30-27(38-31-20)33-13-9-21(10-14-33)34-19-29(25-5-3-4-6-26(25)34)11-15-32(16-12-29)24-17-22-7-8-23(18-24)35(22)28(36)37-2/h3-6,21-24H,7-19H2,1-2H3. The zero-order valence-corrected chi connectivity index (χ0v) is 23.5. The summed E-state index contributed by atoms with van der Waals surface area (Å²) in [6.45, 7) is 7.60. The lowest BCUT2D eigenvalue weighted by Gasteiger charge is -2.47. The van der Waals surface area contributed by atoms with Gasteiger partial charge in [-0.25, -0.2) is 9.78 Å². The maximum absolute atomic E-state index is 12.3. The highest BCUT2D eigenvalue weighted by Gasteiger charge is 2.49. The number of hydrogen-bond donors (Lipinski definition) is 0. The number of fused-ring (bicyclic) bond motifs is 4. The van der Waals surface area contributed by atoms with Crippen molar-refractivity contribution < 1.29 is 9.53 Å². The third-order valence-electron chi connectivity index (χ3n) is 10.3. The number of para-hydroxylation sites is 1. The zero-order valence-electron chi connectivity index (χ0n) is 22.7. The Morgan fingerprint density at radius 2 is 1.68 bits per heavy atom. The largest absolute Gasteiger partial charge is 0.453 e. The third-order valence-corrected chi connectivity index (χ3v) is 11.2. The number of nitrogens with zero attached hydrogens (tertiary/aromatic N) is 6. The predicted molar refractivity (Wildman–Crippen MR) is 150 cm³/mol. The number of benzene rings is 1. The molecule has 2 atom stereocenters. The number of carbonyl (C=O) groups is 1. The van der Waals surface area contributed by atoms with Gasteiger partial charge in [0.05, 0.1) is 7.11 Å². The number of methoxy groups -OCH3 is 1. The van der Waals surface area contributed by atoms with E-state index in [0.29, 0.717) is 24.2 Å². The van der Waals surface area contributed by atoms with Crippen molar-refractivity contribution in [1.82, 2.24) is 19.2 Å². The van der Waals surface area contributed by atoms with Crippen LogP contribution in [0.3, 0.4) is 0 Å². The van der Waals surface area contributed by atoms with Gasteiger partial charge in [0.25, 0.3) is 0 Å². The van der Waals surface area contributed by atoms with Gasteiger partial charge in [-0.3, -0.25) is 0 Å². The van der Waals surface area contributed by atoms with Crippen molar-refractivity contribution in [2.75, 3.05) is 49.6 Å². The van der Waals surface area contributed by atoms with E-state index in [1.54, 1.807) is 5.56 Å². The molecule has 1 amide bonds. The van der Waals surface area contributed by atoms with Gasteiger partial charge in [0, 0.05) is 66.4 Å². The average molecular weight is 537 g/mol. The molecule has 0 saturated carbocycles. The molecule has 1 aromatic carbocycles. The summed E-state index contributed by atoms with van der Waals surface area (Å²) >= 11 is 1.54. The van der Waals surface area contributed by atoms with Crippen molar-refractivity contribution in [2.24, 2.45) is 0 Å². The fourth-order valence-electron chi connectivity index (χ4n) is 8.37. The van der Waals surface area contributed by atoms with Crippen molar-refractivity contribution >= 4 is 28.4 Å². The maximum atomic E-state index is 12.3. The SMILES string of the molecule is COC(=O)N1C2CCC1CC(N1CCC3(CC1)CN(C1CCN(c4nc(C)ns4)CC1)c1ccccc13)C2. The minimum Gasteiger partial charge on any atom is -0.453 e. The molecule has 0 N–H and O–H groups in total. The average Bonchev–Trinajstić information content (AvgIpc) is 3.61. The first-order chi connectivity index (χ1) is 18.5. The molecule has 1 aromatic heterocycles. The summed E-state index contributed by atoms with van der Waals surface area (Å²) < 4.78 is 9.49. The predicted octanol–water partition coefficient (Wildman–Crippen LogP) is 4.43. The molecule has 5 aliphatic rings. The normalized spacial score (nSPS) is 29.2. The smallest absolute Gasteiger partial charge is 0.409 e. The topological polar surface area (TPSA) is 65.0 Å². The second-order valence-electron chi connectivity index (χ2n) is 12.2. The maximum Gasteiger partial charge on any atom is 0.409 e. The monoisotopic (exact) mass is 536 g/mol. The summed E-state index contributed by atoms with van der Waals surface area (Å²) in [5.41, 5.74) is 3.34. The molecule has 38 heavy (non-hydrogen) atoms. The van der Waals surface area contributed by atoms with Crippen LogP contribution < -0.4 is 9.80 Å². The van der Waals surface area contributed by atoms with Crippen molar-refractivity contribution in [1.29, 1.82) is 0 Å². The molecule has 2 aromatic rings. The molecular formula is C29H40N6O2S. The second-order valence-corrected chi connectivity index (χ2v) is 12.9. The highest BCUT2D eigenvalue weighted by atomic mass is 32.1. The van der Waals surface area contributed by atoms with E-state index in [1.165, 1.54) is 63.1 Å². The lowest BCUT2D eigenvalue weighted by Crippen LogP contribution is -2.55. The van der Waals surface area contributed by atoms with Gasteiger partial charge in [-0.1, -0.05) is 18.2 Å². The van der Waals surface area contributed by atoms with Crippen LogP contribution in [0.15, 0.2) is 24.3 Å². The Hall–Kier alpha value is -2.39. The van der Waals surface area contributed by atoms with Gasteiger partial charge in [0.2, 0.25) is 5.13 Å². The van der Waals surface area contributed by atoms with Crippen LogP contribution in [0.25, 0.3) is 0 Å². The van der Waals surface area contributed by atoms with E-state index >= 15 is 0 Å². The molecule has 9 heteroatoms. The summed E-state index contributed by atoms with van der Waals surface area (Å²) in [6, 6.07) is 11.2. The summed E-state index contributed by atoms with van der Waals surface area (Å²) in [5.74, 6) is 0.885. The van der Waals surface area contributed by atoms with Gasteiger partial charge in [-0.2, -0.15) is 4.37 Å². The first kappa shape index (κ1) is 24.6. The number of amides is 1. The van der Waals surface area contributed by atoms with E-state index in [4.69, 9.17) is 4.74 Å². The van der Waals surface area contributed by atoms with Gasteiger partial charge in [-0.05, 0) is 83.0 Å². The summed E-state index contributed by atoms with van der Waals surface area (Å²) in [5, 5.41) is 1.08. The zero-order chi connectivity index (χ0) is 25.9. The molecule has 8 nitrogen and oxygen atoms in total. The second kappa shape index (κ2) is 9.66. The molecule has 2 unspecified atom stereocenters. The molecule has 1 spiro atoms. The fourth-order valence-corrected chi connectivity index (χ4v) is 9.10. The molecule has 2 bridgehead atoms. The van der Waals surface area contributed by atoms with Crippen LogP contribution in [0.2, 0.25) is 0 Å². The highest BCUT2D eigenvalue weighted by Crippen LogP contribution is 2.49. The van der Waals surface area contributed by atoms with Gasteiger partial charge >= 0.3 is 6.09 Å². The van der Waals surface area contributed by atoms with E-state index < -0.39 is 0 Å². The Balaban J connectivity index is 1.02. The van der Waals surface area contributed by atoms with Crippen molar-refractivity contribution in [3.63, 3.8) is 0 Å². The molecule has 7 rings (SSSR count). The Labute approximate surface area is 230 Å². The van der Waals surface area contributed by atoms with E-state index in [2.05, 4.69) is 48.3 Å². The van der Waals surface area contributed by atoms with Crippen LogP contribution in [0, 0.1) is 6.92 Å². The van der Waals surface area contributed by atoms with Crippen LogP contribution in [-0.2, 0) is 10.2 Å². The van der Waals surface area contributed by atoms with Crippen molar-refractivity contribution in [2.45, 2.75) is 87.9 Å². The number of anilines is 2. The fraction of sp³-hybridized carbons (Fsp3) is 0.690. The number of carbonyl (C=O) groups excluding carboxylic acids is 1. The van der Waals surface area contributed by atoms with Crippen LogP contribution >= 0.6 is 11.5 Å². The summed E-state index contributed by atoms with van der Waals surface area (Å²) in [7, 11) is 1.52. The Kier molecular flexibility index (Phi) is 6.26. The van der Waals surface area contributed by atoms with Crippen molar-refractivity contribution in [3.05, 3.63) is 35.7 Å². The third kappa shape index (κ3) is 4.08. The van der Waals surface area contributed by atoms with Gasteiger partial charge in [-0.15, -0.1) is 0 Å². The molecule has 6 heterocycles. The number of ether oxygens (including phenoxy) is 1. The molecular weight excluding hydrogens is 496 g/mol. The van der Waals surface area contributed by atoms with Crippen molar-refractivity contribution in [3.8, 4) is 0 Å². The Morgan fingerprint density at radius 1 is 0.974 bits per heavy atom. The lowest BCUT2D eigenvalue weighted by atomic mass is 9.73. The first-order valence-corrected chi connectivity index (χ1v) is 15.3. The van der Waals surface area contributed by atoms with E-state index in [9.17, 15) is 4.79 Å². The number of aryl methyl sites for hydroxylation is 1. The Morgan fingerprint density at radius 3 is 2.34 bits per heavy atom. The Bertz CT molecular complexity index is 1160. The highest BCUT2D eigenvalue weighted by molar-refractivity contribution is 7.09. The minimum atomic E-state index is -0.125. The van der Waals surface area contributed by atoms with E-state index in [0.717, 1.165) is 56.3 Å². The minimum absolute atomic E-state index is 0.125. The van der Waals surface area contributed by atoms with Gasteiger partial charge < -0.3 is 24.3 Å². The molecule has 5 aliphatic heterocycles. The van der Waals surface area contributed by atoms with Crippen LogP contribution in [-0.4, -0.2) is 89.3 Å². The van der Waals surface area contributed by atoms with Gasteiger partial charge in [0.1, 0.15) is 5.82 Å². The first-order valence-electron chi connectivity index (χ1n) is 14.6. The number of piperidine rings is 3. The van der Waals surface area contributed by atoms with E-state index in [-0.39, 0.29) is 11.5 Å². The van der Waals surface area contributed by atoms with Gasteiger partial charge in [0.15, 0.2) is 0 Å². The number of aromatic nitrogens is 2. The van der Waals surface area contributed by atoms with E-state index in [1.807, 2.05) is 11.8 Å². The molecule has 0 aliphatic carbocycles. The lowest BCUT2D eigenvalue weighted by molar-refractivity contribution is 0.0329. The summed E-state index contributed by atoms with van der Waals surface area (Å²) in [6.07, 6.45) is 9.17. The molecule has 204 valence electrons. The molecule has 4 saturated heterocycles.